The Hall–Kier alpha value is -5.63. The SMILES string of the molecule is c1cc(-c2cccc3ccccc23)cc(-c2c3ccccc3c(-c3ccc4c5c(cccc35)Sc3ccccc3-4)c3ccccc23)c1. The van der Waals surface area contributed by atoms with Gasteiger partial charge in [-0.2, -0.15) is 0 Å². The number of rotatable bonds is 3. The quantitative estimate of drug-likeness (QED) is 0.179. The van der Waals surface area contributed by atoms with Gasteiger partial charge in [0.2, 0.25) is 0 Å². The number of hydrogen-bond donors (Lipinski definition) is 0. The van der Waals surface area contributed by atoms with Crippen molar-refractivity contribution in [2.75, 3.05) is 0 Å². The smallest absolute Gasteiger partial charge is 0.0207 e. The van der Waals surface area contributed by atoms with Gasteiger partial charge in [-0.25, -0.2) is 0 Å². The fourth-order valence-corrected chi connectivity index (χ4v) is 8.99. The Balaban J connectivity index is 1.26. The first kappa shape index (κ1) is 26.6. The Morgan fingerprint density at radius 1 is 0.298 bits per heavy atom. The van der Waals surface area contributed by atoms with Gasteiger partial charge >= 0.3 is 0 Å². The molecule has 1 heteroatoms. The first-order valence-corrected chi connectivity index (χ1v) is 17.0. The highest BCUT2D eigenvalue weighted by Gasteiger charge is 2.23. The van der Waals surface area contributed by atoms with Crippen molar-refractivity contribution in [2.24, 2.45) is 0 Å². The third-order valence-electron chi connectivity index (χ3n) is 9.85. The molecule has 0 saturated carbocycles. The Morgan fingerprint density at radius 2 is 0.830 bits per heavy atom. The molecule has 1 aliphatic heterocycles. The van der Waals surface area contributed by atoms with Crippen LogP contribution < -0.4 is 0 Å². The second-order valence-electron chi connectivity index (χ2n) is 12.4. The topological polar surface area (TPSA) is 0 Å². The molecule has 0 aromatic heterocycles. The maximum absolute atomic E-state index is 2.38. The predicted octanol–water partition coefficient (Wildman–Crippen LogP) is 13.4. The standard InChI is InChI=1S/C46H28S/c1-2-16-32-29(12-1)13-10-22-33(32)30-14-9-15-31(28-30)44-35-18-3-5-20-37(35)45(38-21-6-4-19-36(38)44)41-27-26-40-34-17-7-8-24-42(34)47-43-25-11-23-39(41)46(40)43/h1-28H. The Bertz CT molecular complexity index is 2650. The molecule has 0 saturated heterocycles. The fourth-order valence-electron chi connectivity index (χ4n) is 7.85. The van der Waals surface area contributed by atoms with Crippen molar-refractivity contribution in [3.8, 4) is 44.5 Å². The van der Waals surface area contributed by atoms with Crippen LogP contribution in [0, 0.1) is 0 Å². The van der Waals surface area contributed by atoms with Gasteiger partial charge in [-0.15, -0.1) is 0 Å². The largest absolute Gasteiger partial charge is 0.0888 e. The second-order valence-corrected chi connectivity index (χ2v) is 13.5. The molecule has 1 heterocycles. The van der Waals surface area contributed by atoms with Crippen LogP contribution in [0.2, 0.25) is 0 Å². The first-order chi connectivity index (χ1) is 23.3. The van der Waals surface area contributed by atoms with E-state index in [-0.39, 0.29) is 0 Å². The van der Waals surface area contributed by atoms with E-state index in [1.165, 1.54) is 97.4 Å². The van der Waals surface area contributed by atoms with Gasteiger partial charge in [0.05, 0.1) is 0 Å². The molecule has 0 N–H and O–H groups in total. The molecule has 0 atom stereocenters. The molecule has 0 spiro atoms. The lowest BCUT2D eigenvalue weighted by molar-refractivity contribution is 1.40. The number of benzene rings is 9. The van der Waals surface area contributed by atoms with Crippen LogP contribution in [0.1, 0.15) is 0 Å². The summed E-state index contributed by atoms with van der Waals surface area (Å²) >= 11 is 1.89. The summed E-state index contributed by atoms with van der Waals surface area (Å²) in [5, 5.41) is 10.3. The Morgan fingerprint density at radius 3 is 1.64 bits per heavy atom. The van der Waals surface area contributed by atoms with E-state index in [1.54, 1.807) is 0 Å². The molecule has 10 rings (SSSR count). The van der Waals surface area contributed by atoms with Crippen molar-refractivity contribution in [1.29, 1.82) is 0 Å². The molecule has 9 aromatic rings. The highest BCUT2D eigenvalue weighted by atomic mass is 32.2. The van der Waals surface area contributed by atoms with Crippen molar-refractivity contribution in [1.82, 2.24) is 0 Å². The molecule has 9 aromatic carbocycles. The lowest BCUT2D eigenvalue weighted by Crippen LogP contribution is -1.96. The van der Waals surface area contributed by atoms with Crippen molar-refractivity contribution >= 4 is 54.9 Å². The molecule has 0 fully saturated rings. The molecule has 0 nitrogen and oxygen atoms in total. The van der Waals surface area contributed by atoms with E-state index in [1.807, 2.05) is 11.8 Å². The van der Waals surface area contributed by atoms with Crippen molar-refractivity contribution in [3.63, 3.8) is 0 Å². The zero-order chi connectivity index (χ0) is 30.9. The molecular weight excluding hydrogens is 585 g/mol. The molecule has 0 radical (unpaired) electrons. The van der Waals surface area contributed by atoms with Crippen LogP contribution in [0.15, 0.2) is 180 Å². The van der Waals surface area contributed by atoms with Crippen LogP contribution in [0.5, 0.6) is 0 Å². The second kappa shape index (κ2) is 10.5. The summed E-state index contributed by atoms with van der Waals surface area (Å²) in [6, 6.07) is 62.7. The van der Waals surface area contributed by atoms with Crippen LogP contribution in [-0.2, 0) is 0 Å². The summed E-state index contributed by atoms with van der Waals surface area (Å²) < 4.78 is 0. The zero-order valence-electron chi connectivity index (χ0n) is 25.6. The average molecular weight is 613 g/mol. The van der Waals surface area contributed by atoms with E-state index < -0.39 is 0 Å². The third kappa shape index (κ3) is 4.03. The third-order valence-corrected chi connectivity index (χ3v) is 11.0. The highest BCUT2D eigenvalue weighted by Crippen LogP contribution is 2.52. The maximum Gasteiger partial charge on any atom is 0.0207 e. The van der Waals surface area contributed by atoms with E-state index in [9.17, 15) is 0 Å². The molecule has 1 aliphatic rings. The predicted molar refractivity (Wildman–Crippen MR) is 202 cm³/mol. The molecule has 0 amide bonds. The van der Waals surface area contributed by atoms with Gasteiger partial charge in [0.15, 0.2) is 0 Å². The molecule has 0 unspecified atom stereocenters. The van der Waals surface area contributed by atoms with E-state index in [2.05, 4.69) is 170 Å². The maximum atomic E-state index is 2.38. The molecule has 0 aliphatic carbocycles. The van der Waals surface area contributed by atoms with Gasteiger partial charge in [-0.1, -0.05) is 163 Å². The Labute approximate surface area is 278 Å². The molecule has 218 valence electrons. The summed E-state index contributed by atoms with van der Waals surface area (Å²) in [4.78, 5) is 2.65. The monoisotopic (exact) mass is 612 g/mol. The highest BCUT2D eigenvalue weighted by molar-refractivity contribution is 7.99. The zero-order valence-corrected chi connectivity index (χ0v) is 26.4. The van der Waals surface area contributed by atoms with Crippen LogP contribution in [0.25, 0.3) is 87.6 Å². The normalized spacial score (nSPS) is 12.2. The summed E-state index contributed by atoms with van der Waals surface area (Å²) in [5.41, 5.74) is 10.3. The minimum absolute atomic E-state index is 1.23. The summed E-state index contributed by atoms with van der Waals surface area (Å²) in [5.74, 6) is 0. The van der Waals surface area contributed by atoms with E-state index in [4.69, 9.17) is 0 Å². The van der Waals surface area contributed by atoms with E-state index in [0.717, 1.165) is 0 Å². The van der Waals surface area contributed by atoms with Gasteiger partial charge in [0.25, 0.3) is 0 Å². The summed E-state index contributed by atoms with van der Waals surface area (Å²) in [7, 11) is 0. The average Bonchev–Trinajstić information content (AvgIpc) is 3.14. The number of fused-ring (bicyclic) bond motifs is 5. The molecule has 0 bridgehead atoms. The lowest BCUT2D eigenvalue weighted by atomic mass is 9.83. The van der Waals surface area contributed by atoms with Crippen LogP contribution >= 0.6 is 11.8 Å². The van der Waals surface area contributed by atoms with Gasteiger partial charge in [-0.05, 0) is 100 Å². The number of hydrogen-bond acceptors (Lipinski definition) is 1. The summed E-state index contributed by atoms with van der Waals surface area (Å²) in [6.07, 6.45) is 0. The summed E-state index contributed by atoms with van der Waals surface area (Å²) in [6.45, 7) is 0. The van der Waals surface area contributed by atoms with Gasteiger partial charge in [-0.3, -0.25) is 0 Å². The minimum atomic E-state index is 1.23. The van der Waals surface area contributed by atoms with Crippen molar-refractivity contribution < 1.29 is 0 Å². The van der Waals surface area contributed by atoms with E-state index in [0.29, 0.717) is 0 Å². The van der Waals surface area contributed by atoms with Crippen molar-refractivity contribution in [3.05, 3.63) is 170 Å². The van der Waals surface area contributed by atoms with E-state index >= 15 is 0 Å². The fraction of sp³-hybridized carbons (Fsp3) is 0. The Kier molecular flexibility index (Phi) is 5.91. The van der Waals surface area contributed by atoms with Crippen LogP contribution in [0.3, 0.4) is 0 Å². The molecular formula is C46H28S. The van der Waals surface area contributed by atoms with Crippen molar-refractivity contribution in [2.45, 2.75) is 9.79 Å². The van der Waals surface area contributed by atoms with Crippen LogP contribution in [0.4, 0.5) is 0 Å². The minimum Gasteiger partial charge on any atom is -0.0888 e. The van der Waals surface area contributed by atoms with Gasteiger partial charge in [0, 0.05) is 15.2 Å². The van der Waals surface area contributed by atoms with Gasteiger partial charge < -0.3 is 0 Å². The van der Waals surface area contributed by atoms with Gasteiger partial charge in [0.1, 0.15) is 0 Å². The first-order valence-electron chi connectivity index (χ1n) is 16.2. The lowest BCUT2D eigenvalue weighted by Gasteiger charge is -2.23. The molecule has 47 heavy (non-hydrogen) atoms. The van der Waals surface area contributed by atoms with Crippen LogP contribution in [-0.4, -0.2) is 0 Å².